The molecule has 0 aromatic heterocycles. The third kappa shape index (κ3) is 2.80. The Labute approximate surface area is 51.0 Å². The Kier molecular flexibility index (Phi) is 4.67. The van der Waals surface area contributed by atoms with Crippen molar-refractivity contribution in [3.05, 3.63) is 12.7 Å². The number of hydrogen-bond acceptors (Lipinski definition) is 1. The molecule has 0 aliphatic rings. The fourth-order valence-electron chi connectivity index (χ4n) is 0.654. The summed E-state index contributed by atoms with van der Waals surface area (Å²) in [5.74, 6) is 0.514. The molecule has 0 radical (unpaired) electrons. The normalized spacial score (nSPS) is 13.2. The highest BCUT2D eigenvalue weighted by Crippen LogP contribution is 2.06. The molecule has 1 unspecified atom stereocenters. The number of hydrogen-bond donors (Lipinski definition) is 1. The molecule has 0 saturated carbocycles. The highest BCUT2D eigenvalue weighted by atomic mass is 16.2. The van der Waals surface area contributed by atoms with E-state index < -0.39 is 0 Å². The first kappa shape index (κ1) is 7.70. The highest BCUT2D eigenvalue weighted by molar-refractivity contribution is 4.76. The molecule has 0 rings (SSSR count). The van der Waals surface area contributed by atoms with Crippen molar-refractivity contribution in [2.45, 2.75) is 19.8 Å². The molecule has 0 bridgehead atoms. The van der Waals surface area contributed by atoms with Crippen molar-refractivity contribution >= 4 is 0 Å². The predicted octanol–water partition coefficient (Wildman–Crippen LogP) is 1.58. The highest BCUT2D eigenvalue weighted by Gasteiger charge is 1.96. The Hall–Kier alpha value is -0.300. The van der Waals surface area contributed by atoms with E-state index in [2.05, 4.69) is 13.5 Å². The van der Waals surface area contributed by atoms with E-state index in [4.69, 9.17) is 5.11 Å². The van der Waals surface area contributed by atoms with Crippen LogP contribution in [0.3, 0.4) is 0 Å². The summed E-state index contributed by atoms with van der Waals surface area (Å²) >= 11 is 0. The van der Waals surface area contributed by atoms with Crippen LogP contribution in [0.25, 0.3) is 0 Å². The summed E-state index contributed by atoms with van der Waals surface area (Å²) < 4.78 is 0. The summed E-state index contributed by atoms with van der Waals surface area (Å²) in [6.45, 7) is 6.02. The largest absolute Gasteiger partial charge is 0.396 e. The van der Waals surface area contributed by atoms with Gasteiger partial charge in [0.15, 0.2) is 0 Å². The molecule has 0 aliphatic heterocycles. The lowest BCUT2D eigenvalue weighted by Crippen LogP contribution is -1.96. The van der Waals surface area contributed by atoms with Crippen LogP contribution in [0, 0.1) is 5.92 Å². The molecule has 0 heterocycles. The van der Waals surface area contributed by atoms with Gasteiger partial charge in [-0.2, -0.15) is 0 Å². The Morgan fingerprint density at radius 2 is 2.38 bits per heavy atom. The van der Waals surface area contributed by atoms with Gasteiger partial charge in [0.2, 0.25) is 0 Å². The maximum Gasteiger partial charge on any atom is 0.0436 e. The molecule has 48 valence electrons. The molecule has 0 saturated heterocycles. The van der Waals surface area contributed by atoms with E-state index in [9.17, 15) is 0 Å². The maximum atomic E-state index is 8.45. The van der Waals surface area contributed by atoms with E-state index >= 15 is 0 Å². The molecular formula is C7H14O. The summed E-state index contributed by atoms with van der Waals surface area (Å²) in [4.78, 5) is 0. The van der Waals surface area contributed by atoms with Gasteiger partial charge in [-0.1, -0.05) is 13.0 Å². The van der Waals surface area contributed by atoms with E-state index in [1.807, 2.05) is 6.08 Å². The van der Waals surface area contributed by atoms with Gasteiger partial charge in [-0.05, 0) is 18.8 Å². The van der Waals surface area contributed by atoms with Gasteiger partial charge < -0.3 is 5.11 Å². The van der Waals surface area contributed by atoms with E-state index in [1.165, 1.54) is 0 Å². The average Bonchev–Trinajstić information content (AvgIpc) is 1.83. The molecule has 0 aromatic rings. The Morgan fingerprint density at radius 1 is 1.75 bits per heavy atom. The summed E-state index contributed by atoms with van der Waals surface area (Å²) in [6.07, 6.45) is 3.85. The monoisotopic (exact) mass is 114 g/mol. The lowest BCUT2D eigenvalue weighted by molar-refractivity contribution is 0.268. The zero-order valence-electron chi connectivity index (χ0n) is 5.43. The van der Waals surface area contributed by atoms with E-state index in [1.54, 1.807) is 0 Å². The SMILES string of the molecule is C=CC(CC)CCO. The Bertz CT molecular complexity index is 59.4. The summed E-state index contributed by atoms with van der Waals surface area (Å²) in [5, 5.41) is 8.45. The second-order valence-electron chi connectivity index (χ2n) is 1.92. The summed E-state index contributed by atoms with van der Waals surface area (Å²) in [5.41, 5.74) is 0. The number of aliphatic hydroxyl groups excluding tert-OH is 1. The molecule has 0 spiro atoms. The first-order valence-corrected chi connectivity index (χ1v) is 3.08. The van der Waals surface area contributed by atoms with Gasteiger partial charge in [0.1, 0.15) is 0 Å². The molecule has 8 heavy (non-hydrogen) atoms. The topological polar surface area (TPSA) is 20.2 Å². The zero-order valence-corrected chi connectivity index (χ0v) is 5.43. The molecule has 1 atom stereocenters. The molecular weight excluding hydrogens is 100 g/mol. The first-order valence-electron chi connectivity index (χ1n) is 3.08. The third-order valence-electron chi connectivity index (χ3n) is 1.36. The lowest BCUT2D eigenvalue weighted by Gasteiger charge is -2.04. The third-order valence-corrected chi connectivity index (χ3v) is 1.36. The Balaban J connectivity index is 3.21. The van der Waals surface area contributed by atoms with Crippen LogP contribution in [-0.2, 0) is 0 Å². The second kappa shape index (κ2) is 4.85. The minimum atomic E-state index is 0.282. The first-order chi connectivity index (χ1) is 3.85. The summed E-state index contributed by atoms with van der Waals surface area (Å²) in [7, 11) is 0. The fraction of sp³-hybridized carbons (Fsp3) is 0.714. The van der Waals surface area contributed by atoms with Crippen molar-refractivity contribution in [2.75, 3.05) is 6.61 Å². The lowest BCUT2D eigenvalue weighted by atomic mass is 10.0. The quantitative estimate of drug-likeness (QED) is 0.550. The molecule has 1 N–H and O–H groups in total. The van der Waals surface area contributed by atoms with Crippen LogP contribution >= 0.6 is 0 Å². The van der Waals surface area contributed by atoms with Crippen molar-refractivity contribution in [2.24, 2.45) is 5.92 Å². The molecule has 0 fully saturated rings. The van der Waals surface area contributed by atoms with Gasteiger partial charge in [-0.25, -0.2) is 0 Å². The smallest absolute Gasteiger partial charge is 0.0436 e. The van der Waals surface area contributed by atoms with Crippen molar-refractivity contribution in [3.63, 3.8) is 0 Å². The van der Waals surface area contributed by atoms with E-state index in [0.717, 1.165) is 12.8 Å². The van der Waals surface area contributed by atoms with Crippen LogP contribution < -0.4 is 0 Å². The fourth-order valence-corrected chi connectivity index (χ4v) is 0.654. The van der Waals surface area contributed by atoms with Crippen molar-refractivity contribution in [1.29, 1.82) is 0 Å². The number of aliphatic hydroxyl groups is 1. The molecule has 0 amide bonds. The van der Waals surface area contributed by atoms with Gasteiger partial charge in [0.05, 0.1) is 0 Å². The zero-order chi connectivity index (χ0) is 6.41. The summed E-state index contributed by atoms with van der Waals surface area (Å²) in [6, 6.07) is 0. The van der Waals surface area contributed by atoms with Crippen LogP contribution in [0.1, 0.15) is 19.8 Å². The van der Waals surface area contributed by atoms with Crippen LogP contribution in [0.4, 0.5) is 0 Å². The van der Waals surface area contributed by atoms with Gasteiger partial charge in [-0.3, -0.25) is 0 Å². The molecule has 1 heteroatoms. The second-order valence-corrected chi connectivity index (χ2v) is 1.92. The molecule has 0 aliphatic carbocycles. The van der Waals surface area contributed by atoms with Crippen LogP contribution in [-0.4, -0.2) is 11.7 Å². The average molecular weight is 114 g/mol. The number of allylic oxidation sites excluding steroid dienone is 1. The Morgan fingerprint density at radius 3 is 2.50 bits per heavy atom. The van der Waals surface area contributed by atoms with Crippen LogP contribution in [0.2, 0.25) is 0 Å². The minimum Gasteiger partial charge on any atom is -0.396 e. The standard InChI is InChI=1S/C7H14O/c1-3-7(4-2)5-6-8/h3,7-8H,1,4-6H2,2H3. The van der Waals surface area contributed by atoms with Crippen molar-refractivity contribution in [3.8, 4) is 0 Å². The van der Waals surface area contributed by atoms with E-state index in [-0.39, 0.29) is 6.61 Å². The van der Waals surface area contributed by atoms with Gasteiger partial charge in [-0.15, -0.1) is 6.58 Å². The van der Waals surface area contributed by atoms with Gasteiger partial charge in [0, 0.05) is 6.61 Å². The minimum absolute atomic E-state index is 0.282. The van der Waals surface area contributed by atoms with Gasteiger partial charge >= 0.3 is 0 Å². The van der Waals surface area contributed by atoms with Crippen LogP contribution in [0.5, 0.6) is 0 Å². The van der Waals surface area contributed by atoms with Crippen LogP contribution in [0.15, 0.2) is 12.7 Å². The van der Waals surface area contributed by atoms with E-state index in [0.29, 0.717) is 5.92 Å². The van der Waals surface area contributed by atoms with Gasteiger partial charge in [0.25, 0.3) is 0 Å². The predicted molar refractivity (Wildman–Crippen MR) is 35.7 cm³/mol. The number of rotatable bonds is 4. The van der Waals surface area contributed by atoms with Crippen molar-refractivity contribution in [1.82, 2.24) is 0 Å². The van der Waals surface area contributed by atoms with Crippen molar-refractivity contribution < 1.29 is 5.11 Å². The maximum absolute atomic E-state index is 8.45. The molecule has 0 aromatic carbocycles. The molecule has 1 nitrogen and oxygen atoms in total.